The highest BCUT2D eigenvalue weighted by molar-refractivity contribution is 6.30. The first kappa shape index (κ1) is 31.8. The largest absolute Gasteiger partial charge is 0.497 e. The van der Waals surface area contributed by atoms with Gasteiger partial charge in [-0.3, -0.25) is 14.5 Å². The van der Waals surface area contributed by atoms with Crippen LogP contribution in [0.4, 0.5) is 4.79 Å². The molecule has 0 radical (unpaired) electrons. The molecular formula is C33H37ClN2O7. The van der Waals surface area contributed by atoms with E-state index in [1.54, 1.807) is 70.3 Å². The molecule has 1 aliphatic heterocycles. The van der Waals surface area contributed by atoms with E-state index in [-0.39, 0.29) is 37.7 Å². The lowest BCUT2D eigenvalue weighted by Gasteiger charge is -2.43. The molecule has 10 heteroatoms. The van der Waals surface area contributed by atoms with Crippen LogP contribution in [0.5, 0.6) is 11.5 Å². The minimum atomic E-state index is -1.45. The molecule has 1 saturated heterocycles. The van der Waals surface area contributed by atoms with E-state index < -0.39 is 23.5 Å². The number of Topliss-reactive ketones (excluding diaryl/α,β-unsaturated/α-hetero) is 1. The maximum Gasteiger partial charge on any atom is 0.411 e. The van der Waals surface area contributed by atoms with Gasteiger partial charge in [0.25, 0.3) is 0 Å². The van der Waals surface area contributed by atoms with Gasteiger partial charge in [-0.05, 0) is 62.7 Å². The molecule has 0 unspecified atom stereocenters. The van der Waals surface area contributed by atoms with Gasteiger partial charge in [0.2, 0.25) is 5.91 Å². The van der Waals surface area contributed by atoms with E-state index in [4.69, 9.17) is 30.5 Å². The third kappa shape index (κ3) is 8.06. The van der Waals surface area contributed by atoms with Gasteiger partial charge in [-0.1, -0.05) is 41.9 Å². The Hall–Kier alpha value is -4.08. The van der Waals surface area contributed by atoms with Gasteiger partial charge >= 0.3 is 6.09 Å². The average Bonchev–Trinajstić information content (AvgIpc) is 3.35. The van der Waals surface area contributed by atoms with E-state index in [0.29, 0.717) is 27.6 Å². The first-order chi connectivity index (χ1) is 20.4. The van der Waals surface area contributed by atoms with Gasteiger partial charge in [0, 0.05) is 35.1 Å². The summed E-state index contributed by atoms with van der Waals surface area (Å²) in [5.74, 6) is 0.426. The summed E-state index contributed by atoms with van der Waals surface area (Å²) >= 11 is 6.08. The number of amides is 2. The van der Waals surface area contributed by atoms with Crippen LogP contribution in [-0.2, 0) is 27.2 Å². The number of benzene rings is 3. The fourth-order valence-corrected chi connectivity index (χ4v) is 5.16. The van der Waals surface area contributed by atoms with Gasteiger partial charge < -0.3 is 24.3 Å². The standard InChI is InChI=1S/C33H37ClN2O7/c1-32(2,3)43-31(39)36(20-24-13-16-26(40-4)17-28(24)41-5)29(18-27(37)23-11-14-25(34)15-12-23)33(35-30(38)21-42-33)19-22-9-7-6-8-10-22/h6-17,29H,18-21H2,1-5H3,(H,35,38)/t29-,33+/m0/s1. The number of nitrogens with one attached hydrogen (secondary N) is 1. The van der Waals surface area contributed by atoms with Crippen LogP contribution in [0.1, 0.15) is 48.7 Å². The highest BCUT2D eigenvalue weighted by atomic mass is 35.5. The maximum absolute atomic E-state index is 14.1. The molecule has 2 amide bonds. The number of carbonyl (C=O) groups is 3. The van der Waals surface area contributed by atoms with E-state index >= 15 is 0 Å². The summed E-state index contributed by atoms with van der Waals surface area (Å²) in [7, 11) is 3.07. The Balaban J connectivity index is 1.86. The lowest BCUT2D eigenvalue weighted by atomic mass is 9.88. The number of nitrogens with zero attached hydrogens (tertiary/aromatic N) is 1. The molecule has 228 valence electrons. The number of ether oxygens (including phenoxy) is 4. The van der Waals surface area contributed by atoms with Gasteiger partial charge in [0.15, 0.2) is 11.5 Å². The zero-order valence-corrected chi connectivity index (χ0v) is 25.8. The second-order valence-electron chi connectivity index (χ2n) is 11.3. The van der Waals surface area contributed by atoms with Crippen molar-refractivity contribution in [1.29, 1.82) is 0 Å². The van der Waals surface area contributed by atoms with Gasteiger partial charge in [-0.15, -0.1) is 0 Å². The Morgan fingerprint density at radius 1 is 1.02 bits per heavy atom. The van der Waals surface area contributed by atoms with Crippen LogP contribution in [-0.4, -0.2) is 60.9 Å². The Morgan fingerprint density at radius 2 is 1.72 bits per heavy atom. The van der Waals surface area contributed by atoms with Crippen LogP contribution in [0.2, 0.25) is 5.02 Å². The number of hydrogen-bond donors (Lipinski definition) is 1. The highest BCUT2D eigenvalue weighted by Gasteiger charge is 2.51. The Morgan fingerprint density at radius 3 is 2.30 bits per heavy atom. The van der Waals surface area contributed by atoms with Crippen LogP contribution >= 0.6 is 11.6 Å². The van der Waals surface area contributed by atoms with Gasteiger partial charge in [-0.2, -0.15) is 0 Å². The summed E-state index contributed by atoms with van der Waals surface area (Å²) in [5, 5.41) is 3.47. The molecule has 1 N–H and O–H groups in total. The summed E-state index contributed by atoms with van der Waals surface area (Å²) < 4.78 is 23.1. The number of methoxy groups -OCH3 is 2. The van der Waals surface area contributed by atoms with Gasteiger partial charge in [0.05, 0.1) is 26.8 Å². The van der Waals surface area contributed by atoms with Crippen LogP contribution < -0.4 is 14.8 Å². The van der Waals surface area contributed by atoms with Crippen molar-refractivity contribution in [3.8, 4) is 11.5 Å². The Labute approximate surface area is 257 Å². The summed E-state index contributed by atoms with van der Waals surface area (Å²) in [6.07, 6.45) is -0.680. The molecule has 3 aromatic carbocycles. The lowest BCUT2D eigenvalue weighted by molar-refractivity contribution is -0.119. The Kier molecular flexibility index (Phi) is 9.98. The molecule has 0 spiro atoms. The van der Waals surface area contributed by atoms with E-state index in [9.17, 15) is 14.4 Å². The van der Waals surface area contributed by atoms with Crippen molar-refractivity contribution in [2.75, 3.05) is 20.8 Å². The third-order valence-corrected chi connectivity index (χ3v) is 7.30. The van der Waals surface area contributed by atoms with Gasteiger partial charge in [0.1, 0.15) is 23.7 Å². The molecule has 43 heavy (non-hydrogen) atoms. The predicted octanol–water partition coefficient (Wildman–Crippen LogP) is 5.82. The number of halogens is 1. The smallest absolute Gasteiger partial charge is 0.411 e. The number of ketones is 1. The van der Waals surface area contributed by atoms with E-state index in [2.05, 4.69) is 5.32 Å². The van der Waals surface area contributed by atoms with E-state index in [1.807, 2.05) is 30.3 Å². The summed E-state index contributed by atoms with van der Waals surface area (Å²) in [6.45, 7) is 5.04. The molecule has 3 aromatic rings. The zero-order valence-electron chi connectivity index (χ0n) is 25.0. The molecule has 1 heterocycles. The zero-order chi connectivity index (χ0) is 31.2. The average molecular weight is 609 g/mol. The molecule has 4 rings (SSSR count). The fourth-order valence-electron chi connectivity index (χ4n) is 5.04. The van der Waals surface area contributed by atoms with Crippen molar-refractivity contribution in [2.45, 2.75) is 57.5 Å². The Bertz CT molecular complexity index is 1440. The first-order valence-corrected chi connectivity index (χ1v) is 14.3. The van der Waals surface area contributed by atoms with Gasteiger partial charge in [-0.25, -0.2) is 4.79 Å². The molecule has 0 saturated carbocycles. The summed E-state index contributed by atoms with van der Waals surface area (Å²) in [4.78, 5) is 42.1. The van der Waals surface area contributed by atoms with E-state index in [0.717, 1.165) is 5.56 Å². The third-order valence-electron chi connectivity index (χ3n) is 7.04. The molecule has 0 bridgehead atoms. The maximum atomic E-state index is 14.1. The van der Waals surface area contributed by atoms with Crippen LogP contribution in [0.15, 0.2) is 72.8 Å². The number of rotatable bonds is 11. The van der Waals surface area contributed by atoms with Crippen molar-refractivity contribution in [3.05, 3.63) is 94.5 Å². The first-order valence-electron chi connectivity index (χ1n) is 13.9. The molecule has 2 atom stereocenters. The van der Waals surface area contributed by atoms with Crippen molar-refractivity contribution in [3.63, 3.8) is 0 Å². The van der Waals surface area contributed by atoms with Crippen molar-refractivity contribution >= 4 is 29.4 Å². The minimum Gasteiger partial charge on any atom is -0.497 e. The molecular weight excluding hydrogens is 572 g/mol. The molecule has 1 fully saturated rings. The van der Waals surface area contributed by atoms with Crippen LogP contribution in [0.3, 0.4) is 0 Å². The van der Waals surface area contributed by atoms with Crippen LogP contribution in [0.25, 0.3) is 0 Å². The van der Waals surface area contributed by atoms with Crippen molar-refractivity contribution in [1.82, 2.24) is 10.2 Å². The topological polar surface area (TPSA) is 103 Å². The summed E-state index contributed by atoms with van der Waals surface area (Å²) in [5.41, 5.74) is -0.412. The molecule has 0 aliphatic carbocycles. The minimum absolute atomic E-state index is 0.0174. The SMILES string of the molecule is COc1ccc(CN(C(=O)OC(C)(C)C)[C@@H](CC(=O)c2ccc(Cl)cc2)[C@]2(Cc3ccccc3)NC(=O)CO2)c(OC)c1. The normalized spacial score (nSPS) is 17.1. The quantitative estimate of drug-likeness (QED) is 0.274. The van der Waals surface area contributed by atoms with Crippen molar-refractivity contribution in [2.24, 2.45) is 0 Å². The number of carbonyl (C=O) groups excluding carboxylic acids is 3. The second kappa shape index (κ2) is 13.5. The second-order valence-corrected chi connectivity index (χ2v) is 11.8. The van der Waals surface area contributed by atoms with Crippen molar-refractivity contribution < 1.29 is 33.3 Å². The van der Waals surface area contributed by atoms with Crippen LogP contribution in [0, 0.1) is 0 Å². The molecule has 0 aromatic heterocycles. The number of hydrogen-bond acceptors (Lipinski definition) is 7. The molecule has 9 nitrogen and oxygen atoms in total. The predicted molar refractivity (Wildman–Crippen MR) is 162 cm³/mol. The van der Waals surface area contributed by atoms with E-state index in [1.165, 1.54) is 12.0 Å². The fraction of sp³-hybridized carbons (Fsp3) is 0.364. The summed E-state index contributed by atoms with van der Waals surface area (Å²) in [6, 6.07) is 20.2. The highest BCUT2D eigenvalue weighted by Crippen LogP contribution is 2.34. The lowest BCUT2D eigenvalue weighted by Crippen LogP contribution is -2.63. The monoisotopic (exact) mass is 608 g/mol. The molecule has 1 aliphatic rings.